The Balaban J connectivity index is 2.76. The van der Waals surface area contributed by atoms with Gasteiger partial charge in [-0.1, -0.05) is 12.1 Å². The third-order valence-electron chi connectivity index (χ3n) is 1.85. The monoisotopic (exact) mass is 219 g/mol. The summed E-state index contributed by atoms with van der Waals surface area (Å²) in [5.74, 6) is 0.183. The van der Waals surface area contributed by atoms with E-state index in [2.05, 4.69) is 0 Å². The smallest absolute Gasteiger partial charge is 0.426 e. The van der Waals surface area contributed by atoms with Crippen molar-refractivity contribution < 1.29 is 17.9 Å². The maximum absolute atomic E-state index is 12.3. The van der Waals surface area contributed by atoms with E-state index < -0.39 is 18.8 Å². The molecule has 84 valence electrons. The van der Waals surface area contributed by atoms with E-state index in [1.807, 2.05) is 0 Å². The summed E-state index contributed by atoms with van der Waals surface area (Å²) in [5, 5.41) is 0. The number of hydrogen-bond acceptors (Lipinski definition) is 2. The Kier molecular flexibility index (Phi) is 3.57. The predicted molar refractivity (Wildman–Crippen MR) is 50.7 cm³/mol. The Morgan fingerprint density at radius 2 is 2.07 bits per heavy atom. The van der Waals surface area contributed by atoms with Crippen LogP contribution in [0.5, 0.6) is 5.75 Å². The van der Waals surface area contributed by atoms with Crippen LogP contribution < -0.4 is 10.5 Å². The molecule has 0 bridgehead atoms. The van der Waals surface area contributed by atoms with Gasteiger partial charge in [0.25, 0.3) is 0 Å². The van der Waals surface area contributed by atoms with Crippen molar-refractivity contribution in [3.05, 3.63) is 29.8 Å². The van der Waals surface area contributed by atoms with Gasteiger partial charge in [-0.05, 0) is 24.6 Å². The zero-order valence-corrected chi connectivity index (χ0v) is 8.21. The second-order valence-corrected chi connectivity index (χ2v) is 3.20. The van der Waals surface area contributed by atoms with Crippen molar-refractivity contribution in [2.24, 2.45) is 5.73 Å². The number of nitrogens with two attached hydrogens (primary N) is 1. The third-order valence-corrected chi connectivity index (χ3v) is 1.85. The van der Waals surface area contributed by atoms with Crippen molar-refractivity contribution >= 4 is 0 Å². The van der Waals surface area contributed by atoms with Crippen LogP contribution in [0, 0.1) is 6.92 Å². The highest BCUT2D eigenvalue weighted by molar-refractivity contribution is 5.27. The molecule has 0 radical (unpaired) electrons. The second kappa shape index (κ2) is 4.53. The average molecular weight is 219 g/mol. The fraction of sp³-hybridized carbons (Fsp3) is 0.400. The van der Waals surface area contributed by atoms with Gasteiger partial charge in [-0.25, -0.2) is 0 Å². The summed E-state index contributed by atoms with van der Waals surface area (Å²) in [6.07, 6.45) is -6.38. The first-order valence-electron chi connectivity index (χ1n) is 4.43. The van der Waals surface area contributed by atoms with Crippen LogP contribution in [0.2, 0.25) is 0 Å². The molecule has 0 saturated heterocycles. The van der Waals surface area contributed by atoms with Crippen molar-refractivity contribution in [2.45, 2.75) is 19.2 Å². The molecule has 0 heterocycles. The lowest BCUT2D eigenvalue weighted by atomic mass is 10.2. The average Bonchev–Trinajstić information content (AvgIpc) is 2.12. The molecule has 0 fully saturated rings. The van der Waals surface area contributed by atoms with Crippen LogP contribution in [0.25, 0.3) is 0 Å². The maximum Gasteiger partial charge on any atom is 0.426 e. The number of benzene rings is 1. The van der Waals surface area contributed by atoms with Crippen molar-refractivity contribution in [3.8, 4) is 5.75 Å². The fourth-order valence-corrected chi connectivity index (χ4v) is 1.10. The molecule has 1 atom stereocenters. The van der Waals surface area contributed by atoms with E-state index in [1.165, 1.54) is 12.1 Å². The Bertz CT molecular complexity index is 325. The predicted octanol–water partition coefficient (Wildman–Crippen LogP) is 2.26. The van der Waals surface area contributed by atoms with Gasteiger partial charge in [0.05, 0.1) is 0 Å². The van der Waals surface area contributed by atoms with E-state index in [-0.39, 0.29) is 5.75 Å². The van der Waals surface area contributed by atoms with Crippen LogP contribution in [-0.4, -0.2) is 18.8 Å². The Labute approximate surface area is 85.8 Å². The highest BCUT2D eigenvalue weighted by Crippen LogP contribution is 2.24. The van der Waals surface area contributed by atoms with Crippen molar-refractivity contribution in [3.63, 3.8) is 0 Å². The van der Waals surface area contributed by atoms with Crippen molar-refractivity contribution in [1.82, 2.24) is 0 Å². The number of hydrogen-bond donors (Lipinski definition) is 1. The summed E-state index contributed by atoms with van der Waals surface area (Å²) in [4.78, 5) is 0. The van der Waals surface area contributed by atoms with Crippen molar-refractivity contribution in [2.75, 3.05) is 6.54 Å². The van der Waals surface area contributed by atoms with Gasteiger partial charge < -0.3 is 10.5 Å². The molecule has 1 aromatic carbocycles. The summed E-state index contributed by atoms with van der Waals surface area (Å²) in [6, 6.07) is 6.42. The van der Waals surface area contributed by atoms with E-state index in [0.29, 0.717) is 0 Å². The van der Waals surface area contributed by atoms with Gasteiger partial charge in [0.1, 0.15) is 5.75 Å². The molecule has 0 saturated carbocycles. The normalized spacial score (nSPS) is 13.7. The van der Waals surface area contributed by atoms with E-state index in [9.17, 15) is 13.2 Å². The van der Waals surface area contributed by atoms with Crippen LogP contribution in [0.1, 0.15) is 5.56 Å². The Morgan fingerprint density at radius 1 is 1.40 bits per heavy atom. The van der Waals surface area contributed by atoms with E-state index in [4.69, 9.17) is 10.5 Å². The molecule has 0 aliphatic heterocycles. The molecule has 0 aliphatic carbocycles. The summed E-state index contributed by atoms with van der Waals surface area (Å²) in [7, 11) is 0. The van der Waals surface area contributed by atoms with E-state index in [0.717, 1.165) is 5.56 Å². The van der Waals surface area contributed by atoms with Crippen LogP contribution in [0.4, 0.5) is 13.2 Å². The minimum Gasteiger partial charge on any atom is -0.480 e. The largest absolute Gasteiger partial charge is 0.480 e. The molecule has 0 aromatic heterocycles. The molecule has 1 unspecified atom stereocenters. The van der Waals surface area contributed by atoms with Gasteiger partial charge in [0.2, 0.25) is 6.10 Å². The van der Waals surface area contributed by atoms with Crippen LogP contribution in [0.3, 0.4) is 0 Å². The van der Waals surface area contributed by atoms with E-state index >= 15 is 0 Å². The number of alkyl halides is 3. The first kappa shape index (κ1) is 11.8. The summed E-state index contributed by atoms with van der Waals surface area (Å²) in [6.45, 7) is 1.19. The minimum atomic E-state index is -4.43. The quantitative estimate of drug-likeness (QED) is 0.846. The van der Waals surface area contributed by atoms with Crippen LogP contribution in [-0.2, 0) is 0 Å². The zero-order valence-electron chi connectivity index (χ0n) is 8.21. The van der Waals surface area contributed by atoms with Crippen molar-refractivity contribution in [1.29, 1.82) is 0 Å². The lowest BCUT2D eigenvalue weighted by Crippen LogP contribution is -2.40. The minimum absolute atomic E-state index is 0.183. The molecule has 2 nitrogen and oxygen atoms in total. The maximum atomic E-state index is 12.3. The second-order valence-electron chi connectivity index (χ2n) is 3.20. The fourth-order valence-electron chi connectivity index (χ4n) is 1.10. The summed E-state index contributed by atoms with van der Waals surface area (Å²) in [5.41, 5.74) is 5.84. The number of rotatable bonds is 3. The molecular formula is C10H12F3NO. The molecule has 2 N–H and O–H groups in total. The van der Waals surface area contributed by atoms with Gasteiger partial charge in [0.15, 0.2) is 0 Å². The standard InChI is InChI=1S/C10H12F3NO/c1-7-3-2-4-8(5-7)15-9(6-14)10(11,12)13/h2-5,9H,6,14H2,1H3. The van der Waals surface area contributed by atoms with Gasteiger partial charge in [-0.2, -0.15) is 13.2 Å². The molecule has 1 aromatic rings. The third kappa shape index (κ3) is 3.43. The number of halogens is 3. The topological polar surface area (TPSA) is 35.2 Å². The summed E-state index contributed by atoms with van der Waals surface area (Å²) >= 11 is 0. The van der Waals surface area contributed by atoms with E-state index in [1.54, 1.807) is 19.1 Å². The lowest BCUT2D eigenvalue weighted by molar-refractivity contribution is -0.191. The first-order valence-corrected chi connectivity index (χ1v) is 4.43. The highest BCUT2D eigenvalue weighted by Gasteiger charge is 2.40. The summed E-state index contributed by atoms with van der Waals surface area (Å²) < 4.78 is 41.7. The Morgan fingerprint density at radius 3 is 2.53 bits per heavy atom. The molecule has 0 aliphatic rings. The molecule has 1 rings (SSSR count). The van der Waals surface area contributed by atoms with Crippen LogP contribution in [0.15, 0.2) is 24.3 Å². The van der Waals surface area contributed by atoms with Gasteiger partial charge >= 0.3 is 6.18 Å². The molecule has 0 amide bonds. The highest BCUT2D eigenvalue weighted by atomic mass is 19.4. The first-order chi connectivity index (χ1) is 6.93. The molecule has 15 heavy (non-hydrogen) atoms. The lowest BCUT2D eigenvalue weighted by Gasteiger charge is -2.20. The van der Waals surface area contributed by atoms with Gasteiger partial charge in [0, 0.05) is 6.54 Å². The van der Waals surface area contributed by atoms with Crippen LogP contribution >= 0.6 is 0 Å². The number of aryl methyl sites for hydroxylation is 1. The van der Waals surface area contributed by atoms with Gasteiger partial charge in [-0.3, -0.25) is 0 Å². The Hall–Kier alpha value is -1.23. The molecule has 0 spiro atoms. The SMILES string of the molecule is Cc1cccc(OC(CN)C(F)(F)F)c1. The number of ether oxygens (including phenoxy) is 1. The molecular weight excluding hydrogens is 207 g/mol. The van der Waals surface area contributed by atoms with Gasteiger partial charge in [-0.15, -0.1) is 0 Å². The molecule has 5 heteroatoms. The zero-order chi connectivity index (χ0) is 11.5.